The maximum atomic E-state index is 13.2. The first-order valence-electron chi connectivity index (χ1n) is 12.9. The maximum absolute atomic E-state index is 13.2. The van der Waals surface area contributed by atoms with E-state index in [1.54, 1.807) is 91.0 Å². The van der Waals surface area contributed by atoms with Gasteiger partial charge < -0.3 is 24.4 Å². The average molecular weight is 571 g/mol. The quantitative estimate of drug-likeness (QED) is 0.132. The van der Waals surface area contributed by atoms with E-state index in [2.05, 4.69) is 10.5 Å². The Kier molecular flexibility index (Phi) is 8.66. The Hall–Kier alpha value is -5.33. The van der Waals surface area contributed by atoms with Crippen molar-refractivity contribution in [2.24, 2.45) is 5.84 Å². The molecule has 0 aliphatic carbocycles. The fourth-order valence-corrected chi connectivity index (χ4v) is 4.34. The molecule has 0 amide bonds. The normalized spacial score (nSPS) is 19.5. The number of benzene rings is 3. The Morgan fingerprint density at radius 2 is 1.24 bits per heavy atom. The summed E-state index contributed by atoms with van der Waals surface area (Å²) >= 11 is 0. The summed E-state index contributed by atoms with van der Waals surface area (Å²) in [6, 6.07) is 27.1. The zero-order chi connectivity index (χ0) is 29.5. The van der Waals surface area contributed by atoms with Crippen molar-refractivity contribution in [1.82, 2.24) is 9.78 Å². The summed E-state index contributed by atoms with van der Waals surface area (Å²) in [6.45, 7) is -0.403. The Morgan fingerprint density at radius 1 is 0.738 bits per heavy atom. The van der Waals surface area contributed by atoms with Gasteiger partial charge in [-0.25, -0.2) is 20.2 Å². The fraction of sp³-hybridized carbons (Fsp3) is 0.167. The smallest absolute Gasteiger partial charge is 0.338 e. The third-order valence-electron chi connectivity index (χ3n) is 6.39. The van der Waals surface area contributed by atoms with Gasteiger partial charge in [0.2, 0.25) is 0 Å². The summed E-state index contributed by atoms with van der Waals surface area (Å²) in [5.74, 6) is 3.45. The van der Waals surface area contributed by atoms with Crippen molar-refractivity contribution in [2.45, 2.75) is 24.5 Å². The lowest BCUT2D eigenvalue weighted by Gasteiger charge is -2.24. The number of hydrogen-bond donors (Lipinski definition) is 2. The van der Waals surface area contributed by atoms with E-state index >= 15 is 0 Å². The Balaban J connectivity index is 1.51. The third-order valence-corrected chi connectivity index (χ3v) is 6.39. The van der Waals surface area contributed by atoms with Crippen LogP contribution in [0.25, 0.3) is 0 Å². The predicted octanol–water partition coefficient (Wildman–Crippen LogP) is 2.73. The van der Waals surface area contributed by atoms with Gasteiger partial charge in [0.05, 0.1) is 16.7 Å². The number of nitrogen functional groups attached to an aromatic ring is 1. The molecule has 0 spiro atoms. The molecule has 5 rings (SSSR count). The Labute approximate surface area is 239 Å². The van der Waals surface area contributed by atoms with Gasteiger partial charge in [0.25, 0.3) is 5.56 Å². The molecule has 1 aliphatic heterocycles. The number of ether oxygens (including phenoxy) is 4. The lowest BCUT2D eigenvalue weighted by Crippen LogP contribution is -2.42. The van der Waals surface area contributed by atoms with Gasteiger partial charge >= 0.3 is 17.9 Å². The predicted molar refractivity (Wildman–Crippen MR) is 148 cm³/mol. The van der Waals surface area contributed by atoms with Crippen LogP contribution in [-0.4, -0.2) is 52.6 Å². The topological polar surface area (TPSA) is 161 Å². The van der Waals surface area contributed by atoms with Crippen LogP contribution in [0.15, 0.2) is 108 Å². The minimum absolute atomic E-state index is 0.114. The molecule has 42 heavy (non-hydrogen) atoms. The van der Waals surface area contributed by atoms with Gasteiger partial charge in [0.1, 0.15) is 12.7 Å². The van der Waals surface area contributed by atoms with Crippen LogP contribution in [0.1, 0.15) is 37.3 Å². The molecule has 0 radical (unpaired) electrons. The van der Waals surface area contributed by atoms with E-state index in [1.165, 1.54) is 12.1 Å². The second-order valence-electron chi connectivity index (χ2n) is 9.15. The van der Waals surface area contributed by atoms with Crippen LogP contribution < -0.4 is 16.8 Å². The Morgan fingerprint density at radius 3 is 1.76 bits per heavy atom. The monoisotopic (exact) mass is 570 g/mol. The van der Waals surface area contributed by atoms with Crippen LogP contribution >= 0.6 is 0 Å². The first kappa shape index (κ1) is 28.2. The first-order chi connectivity index (χ1) is 20.4. The van der Waals surface area contributed by atoms with Gasteiger partial charge in [-0.2, -0.15) is 4.68 Å². The summed E-state index contributed by atoms with van der Waals surface area (Å²) in [5.41, 5.74) is 2.45. The minimum atomic E-state index is -1.39. The van der Waals surface area contributed by atoms with Crippen molar-refractivity contribution < 1.29 is 33.3 Å². The molecule has 12 nitrogen and oxygen atoms in total. The van der Waals surface area contributed by atoms with Crippen LogP contribution in [-0.2, 0) is 18.9 Å². The molecule has 4 aromatic rings. The van der Waals surface area contributed by atoms with E-state index in [4.69, 9.17) is 24.8 Å². The van der Waals surface area contributed by atoms with Crippen LogP contribution in [0, 0.1) is 0 Å². The van der Waals surface area contributed by atoms with Gasteiger partial charge in [-0.05, 0) is 42.5 Å². The van der Waals surface area contributed by atoms with E-state index in [9.17, 15) is 19.2 Å². The number of hydrazine groups is 1. The summed E-state index contributed by atoms with van der Waals surface area (Å²) < 4.78 is 24.2. The van der Waals surface area contributed by atoms with E-state index in [0.717, 1.165) is 4.68 Å². The summed E-state index contributed by atoms with van der Waals surface area (Å²) in [5, 5.41) is 4.16. The van der Waals surface area contributed by atoms with E-state index < -0.39 is 54.6 Å². The lowest BCUT2D eigenvalue weighted by atomic mass is 10.1. The Bertz CT molecular complexity index is 1600. The van der Waals surface area contributed by atoms with E-state index in [0.29, 0.717) is 0 Å². The molecule has 0 saturated carbocycles. The summed E-state index contributed by atoms with van der Waals surface area (Å²) in [4.78, 5) is 52.0. The van der Waals surface area contributed by atoms with Gasteiger partial charge in [-0.3, -0.25) is 4.79 Å². The summed E-state index contributed by atoms with van der Waals surface area (Å²) in [6.07, 6.45) is -5.24. The molecule has 1 saturated heterocycles. The minimum Gasteiger partial charge on any atom is -0.459 e. The van der Waals surface area contributed by atoms with Crippen molar-refractivity contribution in [3.05, 3.63) is 130 Å². The fourth-order valence-electron chi connectivity index (χ4n) is 4.34. The highest BCUT2D eigenvalue weighted by Gasteiger charge is 2.52. The molecule has 0 unspecified atom stereocenters. The third kappa shape index (κ3) is 6.35. The van der Waals surface area contributed by atoms with Crippen LogP contribution in [0.4, 0.5) is 5.82 Å². The van der Waals surface area contributed by atoms with Crippen molar-refractivity contribution in [3.63, 3.8) is 0 Å². The van der Waals surface area contributed by atoms with Crippen molar-refractivity contribution in [1.29, 1.82) is 0 Å². The lowest BCUT2D eigenvalue weighted by molar-refractivity contribution is -0.0690. The van der Waals surface area contributed by atoms with Crippen LogP contribution in [0.3, 0.4) is 0 Å². The first-order valence-corrected chi connectivity index (χ1v) is 12.9. The number of hydrogen-bond acceptors (Lipinski definition) is 11. The number of aromatic nitrogens is 2. The molecule has 0 bridgehead atoms. The van der Waals surface area contributed by atoms with Gasteiger partial charge in [-0.15, -0.1) is 5.10 Å². The second-order valence-corrected chi connectivity index (χ2v) is 9.15. The number of nitrogens with one attached hydrogen (secondary N) is 1. The number of nitrogens with two attached hydrogens (primary N) is 1. The second kappa shape index (κ2) is 12.9. The van der Waals surface area contributed by atoms with E-state index in [-0.39, 0.29) is 22.5 Å². The molecule has 1 fully saturated rings. The van der Waals surface area contributed by atoms with Gasteiger partial charge in [0.15, 0.2) is 24.3 Å². The molecule has 4 atom stereocenters. The SMILES string of the molecule is NNc1ccc(=O)n([C@@H]2O[C@H](COC(=O)c3ccccc3)[C@@H](OC(=O)c3ccccc3)[C@H]2OC(=O)c2ccccc2)n1. The highest BCUT2D eigenvalue weighted by molar-refractivity contribution is 5.91. The molecule has 1 aliphatic rings. The standard InChI is InChI=1S/C30H26N4O8/c31-32-23-16-17-24(35)34(33-23)27-26(42-30(38)21-14-8-3-9-15-21)25(41-29(37)20-12-6-2-7-13-20)22(40-27)18-39-28(36)19-10-4-1-5-11-19/h1-17,22,25-27H,18,31H2,(H,32,33)/t22-,25-,26-,27-/m1/s1. The molecule has 214 valence electrons. The number of esters is 3. The average Bonchev–Trinajstić information content (AvgIpc) is 3.37. The highest BCUT2D eigenvalue weighted by atomic mass is 16.7. The number of nitrogens with zero attached hydrogens (tertiary/aromatic N) is 2. The number of anilines is 1. The van der Waals surface area contributed by atoms with Gasteiger partial charge in [0, 0.05) is 6.07 Å². The van der Waals surface area contributed by atoms with Crippen LogP contribution in [0.2, 0.25) is 0 Å². The van der Waals surface area contributed by atoms with Crippen LogP contribution in [0.5, 0.6) is 0 Å². The number of rotatable bonds is 9. The maximum Gasteiger partial charge on any atom is 0.338 e. The molecule has 12 heteroatoms. The van der Waals surface area contributed by atoms with Crippen molar-refractivity contribution in [3.8, 4) is 0 Å². The zero-order valence-electron chi connectivity index (χ0n) is 22.1. The molecule has 3 N–H and O–H groups in total. The number of carbonyl (C=O) groups excluding carboxylic acids is 3. The summed E-state index contributed by atoms with van der Waals surface area (Å²) in [7, 11) is 0. The molecule has 1 aromatic heterocycles. The van der Waals surface area contributed by atoms with E-state index in [1.807, 2.05) is 0 Å². The molecule has 3 aromatic carbocycles. The molecule has 2 heterocycles. The number of carbonyl (C=O) groups is 3. The largest absolute Gasteiger partial charge is 0.459 e. The van der Waals surface area contributed by atoms with Crippen molar-refractivity contribution >= 4 is 23.7 Å². The van der Waals surface area contributed by atoms with Gasteiger partial charge in [-0.1, -0.05) is 54.6 Å². The zero-order valence-corrected chi connectivity index (χ0v) is 22.1. The highest BCUT2D eigenvalue weighted by Crippen LogP contribution is 2.34. The van der Waals surface area contributed by atoms with Crippen molar-refractivity contribution in [2.75, 3.05) is 12.0 Å². The molecular formula is C30H26N4O8. The molecular weight excluding hydrogens is 544 g/mol.